The molecular weight excluding hydrogens is 392 g/mol. The van der Waals surface area contributed by atoms with Crippen molar-refractivity contribution < 1.29 is 4.74 Å². The molecule has 1 aliphatic heterocycles. The Balaban J connectivity index is 1.68. The van der Waals surface area contributed by atoms with E-state index < -0.39 is 0 Å². The number of likely N-dealkylation sites (N-methyl/N-ethyl adjacent to an activating group) is 1. The number of rotatable bonds is 9. The van der Waals surface area contributed by atoms with Crippen LogP contribution >= 0.6 is 0 Å². The number of aromatic nitrogens is 2. The van der Waals surface area contributed by atoms with E-state index in [-0.39, 0.29) is 5.95 Å². The van der Waals surface area contributed by atoms with Crippen molar-refractivity contribution >= 4 is 23.7 Å². The number of unbranched alkanes of at least 4 members (excludes halogenated alkanes) is 1. The molecule has 31 heavy (non-hydrogen) atoms. The number of anilines is 3. The maximum atomic E-state index is 6.23. The summed E-state index contributed by atoms with van der Waals surface area (Å²) in [4.78, 5) is 17.9. The van der Waals surface area contributed by atoms with Crippen LogP contribution in [0.5, 0.6) is 0 Å². The lowest BCUT2D eigenvalue weighted by atomic mass is 9.99. The van der Waals surface area contributed by atoms with Gasteiger partial charge in [-0.2, -0.15) is 4.98 Å². The number of nitrogens with zero attached hydrogens (tertiary/aromatic N) is 5. The van der Waals surface area contributed by atoms with Gasteiger partial charge in [-0.25, -0.2) is 4.98 Å². The van der Waals surface area contributed by atoms with E-state index in [0.29, 0.717) is 23.7 Å². The average molecular weight is 429 g/mol. The minimum Gasteiger partial charge on any atom is -0.497 e. The van der Waals surface area contributed by atoms with E-state index in [9.17, 15) is 0 Å². The highest BCUT2D eigenvalue weighted by Gasteiger charge is 2.21. The van der Waals surface area contributed by atoms with Gasteiger partial charge in [0.15, 0.2) is 5.82 Å². The maximum absolute atomic E-state index is 6.23. The Morgan fingerprint density at radius 2 is 1.97 bits per heavy atom. The molecule has 0 aromatic carbocycles. The van der Waals surface area contributed by atoms with E-state index in [1.54, 1.807) is 13.3 Å². The summed E-state index contributed by atoms with van der Waals surface area (Å²) in [5, 5.41) is 3.23. The van der Waals surface area contributed by atoms with Gasteiger partial charge in [0.05, 0.1) is 13.7 Å². The Morgan fingerprint density at radius 3 is 2.68 bits per heavy atom. The van der Waals surface area contributed by atoms with Crippen molar-refractivity contribution in [3.8, 4) is 0 Å². The number of nitrogens with one attached hydrogen (secondary N) is 1. The van der Waals surface area contributed by atoms with Gasteiger partial charge in [0.1, 0.15) is 17.1 Å². The highest BCUT2D eigenvalue weighted by molar-refractivity contribution is 5.89. The first-order chi connectivity index (χ1) is 15.0. The van der Waals surface area contributed by atoms with Gasteiger partial charge in [0.25, 0.3) is 0 Å². The second-order valence-corrected chi connectivity index (χ2v) is 8.08. The molecule has 1 aliphatic carbocycles. The van der Waals surface area contributed by atoms with Gasteiger partial charge in [0.2, 0.25) is 5.95 Å². The van der Waals surface area contributed by atoms with E-state index in [1.165, 1.54) is 11.3 Å². The molecular formula is C22H36N8O. The maximum Gasteiger partial charge on any atom is 0.222 e. The fourth-order valence-corrected chi connectivity index (χ4v) is 3.79. The Bertz CT molecular complexity index is 840. The van der Waals surface area contributed by atoms with E-state index in [1.807, 2.05) is 0 Å². The molecule has 1 aromatic heterocycles. The zero-order chi connectivity index (χ0) is 22.2. The first-order valence-electron chi connectivity index (χ1n) is 11.1. The molecule has 2 aliphatic rings. The van der Waals surface area contributed by atoms with Gasteiger partial charge in [-0.1, -0.05) is 13.3 Å². The van der Waals surface area contributed by atoms with Gasteiger partial charge in [-0.05, 0) is 38.0 Å². The van der Waals surface area contributed by atoms with Gasteiger partial charge in [-0.3, -0.25) is 4.99 Å². The van der Waals surface area contributed by atoms with Crippen molar-refractivity contribution in [3.63, 3.8) is 0 Å². The fourth-order valence-electron chi connectivity index (χ4n) is 3.79. The molecule has 9 nitrogen and oxygen atoms in total. The largest absolute Gasteiger partial charge is 0.497 e. The molecule has 1 aromatic rings. The summed E-state index contributed by atoms with van der Waals surface area (Å²) in [6, 6.07) is 0. The molecule has 0 amide bonds. The predicted octanol–water partition coefficient (Wildman–Crippen LogP) is 2.10. The van der Waals surface area contributed by atoms with Gasteiger partial charge < -0.3 is 31.3 Å². The first-order valence-corrected chi connectivity index (χ1v) is 11.1. The Labute approximate surface area is 185 Å². The molecule has 5 N–H and O–H groups in total. The van der Waals surface area contributed by atoms with Crippen LogP contribution in [0, 0.1) is 0 Å². The van der Waals surface area contributed by atoms with Crippen LogP contribution in [0.4, 0.5) is 17.5 Å². The summed E-state index contributed by atoms with van der Waals surface area (Å²) in [5.74, 6) is 1.66. The Kier molecular flexibility index (Phi) is 8.11. The molecule has 2 heterocycles. The van der Waals surface area contributed by atoms with Crippen molar-refractivity contribution in [1.82, 2.24) is 19.8 Å². The van der Waals surface area contributed by atoms with E-state index in [4.69, 9.17) is 16.2 Å². The minimum atomic E-state index is 0.184. The second-order valence-electron chi connectivity index (χ2n) is 8.08. The van der Waals surface area contributed by atoms with Crippen LogP contribution in [-0.4, -0.2) is 79.4 Å². The first kappa shape index (κ1) is 22.9. The van der Waals surface area contributed by atoms with Crippen LogP contribution in [0.3, 0.4) is 0 Å². The number of nitrogens with two attached hydrogens (primary N) is 2. The lowest BCUT2D eigenvalue weighted by molar-refractivity contribution is 0.179. The smallest absolute Gasteiger partial charge is 0.222 e. The normalized spacial score (nSPS) is 17.9. The number of aliphatic imine (C=N–C) groups is 1. The number of hydrogen-bond acceptors (Lipinski definition) is 9. The van der Waals surface area contributed by atoms with Crippen LogP contribution in [0.15, 0.2) is 28.1 Å². The fraction of sp³-hybridized carbons (Fsp3) is 0.591. The molecule has 1 saturated heterocycles. The van der Waals surface area contributed by atoms with Crippen LogP contribution in [-0.2, 0) is 4.74 Å². The average Bonchev–Trinajstić information content (AvgIpc) is 2.77. The molecule has 170 valence electrons. The van der Waals surface area contributed by atoms with Crippen LogP contribution in [0.1, 0.15) is 38.3 Å². The molecule has 0 bridgehead atoms. The molecule has 0 atom stereocenters. The van der Waals surface area contributed by atoms with Gasteiger partial charge in [0, 0.05) is 44.6 Å². The van der Waals surface area contributed by atoms with Crippen LogP contribution < -0.4 is 16.8 Å². The summed E-state index contributed by atoms with van der Waals surface area (Å²) in [7, 11) is 3.89. The summed E-state index contributed by atoms with van der Waals surface area (Å²) < 4.78 is 5.68. The SMILES string of the molecule is CCCCNc1nc(N)nc(C=NCC2=C(OC)C=C(N3CCN(C)CC3)CC2)c1N. The van der Waals surface area contributed by atoms with E-state index >= 15 is 0 Å². The molecule has 1 fully saturated rings. The molecule has 0 saturated carbocycles. The molecule has 9 heteroatoms. The third-order valence-electron chi connectivity index (χ3n) is 5.77. The summed E-state index contributed by atoms with van der Waals surface area (Å²) in [5.41, 5.74) is 15.6. The Hall–Kier alpha value is -2.81. The molecule has 0 radical (unpaired) electrons. The third kappa shape index (κ3) is 6.10. The third-order valence-corrected chi connectivity index (χ3v) is 5.77. The lowest BCUT2D eigenvalue weighted by Crippen LogP contribution is -2.44. The Morgan fingerprint density at radius 1 is 1.19 bits per heavy atom. The number of piperazine rings is 1. The molecule has 0 spiro atoms. The summed E-state index contributed by atoms with van der Waals surface area (Å²) in [6.07, 6.45) is 7.91. The van der Waals surface area contributed by atoms with Gasteiger partial charge in [-0.15, -0.1) is 0 Å². The topological polar surface area (TPSA) is 118 Å². The summed E-state index contributed by atoms with van der Waals surface area (Å²) >= 11 is 0. The number of allylic oxidation sites excluding steroid dienone is 2. The van der Waals surface area contributed by atoms with Crippen molar-refractivity contribution in [2.75, 3.05) is 70.2 Å². The monoisotopic (exact) mass is 428 g/mol. The van der Waals surface area contributed by atoms with Crippen LogP contribution in [0.2, 0.25) is 0 Å². The minimum absolute atomic E-state index is 0.184. The number of hydrogen-bond donors (Lipinski definition) is 3. The van der Waals surface area contributed by atoms with E-state index in [0.717, 1.165) is 64.2 Å². The lowest BCUT2D eigenvalue weighted by Gasteiger charge is -2.37. The molecule has 0 unspecified atom stereocenters. The van der Waals surface area contributed by atoms with E-state index in [2.05, 4.69) is 50.1 Å². The van der Waals surface area contributed by atoms with Crippen molar-refractivity contribution in [2.24, 2.45) is 4.99 Å². The number of methoxy groups -OCH3 is 1. The summed E-state index contributed by atoms with van der Waals surface area (Å²) in [6.45, 7) is 7.79. The van der Waals surface area contributed by atoms with Crippen molar-refractivity contribution in [2.45, 2.75) is 32.6 Å². The quantitative estimate of drug-likeness (QED) is 0.404. The number of nitrogen functional groups attached to an aromatic ring is 2. The highest BCUT2D eigenvalue weighted by atomic mass is 16.5. The zero-order valence-corrected chi connectivity index (χ0v) is 19.0. The second kappa shape index (κ2) is 11.0. The number of ether oxygens (including phenoxy) is 1. The highest BCUT2D eigenvalue weighted by Crippen LogP contribution is 2.28. The van der Waals surface area contributed by atoms with Crippen molar-refractivity contribution in [1.29, 1.82) is 0 Å². The van der Waals surface area contributed by atoms with Crippen LogP contribution in [0.25, 0.3) is 0 Å². The zero-order valence-electron chi connectivity index (χ0n) is 19.0. The van der Waals surface area contributed by atoms with Gasteiger partial charge >= 0.3 is 0 Å². The standard InChI is InChI=1S/C22H36N8O/c1-4-5-8-26-21-20(23)18(27-22(24)28-21)15-25-14-16-6-7-17(13-19(16)31-3)30-11-9-29(2)10-12-30/h13,15H,4-12,14,23H2,1-3H3,(H3,24,26,27,28). The molecule has 3 rings (SSSR count). The van der Waals surface area contributed by atoms with Crippen molar-refractivity contribution in [3.05, 3.63) is 28.8 Å². The predicted molar refractivity (Wildman–Crippen MR) is 127 cm³/mol.